The van der Waals surface area contributed by atoms with Crippen LogP contribution in [0.25, 0.3) is 0 Å². The molecule has 0 aromatic carbocycles. The second-order valence-corrected chi connectivity index (χ2v) is 3.69. The number of rotatable bonds is 3. The summed E-state index contributed by atoms with van der Waals surface area (Å²) in [5.41, 5.74) is -0.692. The third-order valence-corrected chi connectivity index (χ3v) is 2.32. The van der Waals surface area contributed by atoms with Crippen LogP contribution >= 0.6 is 0 Å². The number of esters is 2. The summed E-state index contributed by atoms with van der Waals surface area (Å²) in [6.07, 6.45) is 7.21. The van der Waals surface area contributed by atoms with Gasteiger partial charge in [-0.05, 0) is 30.7 Å². The van der Waals surface area contributed by atoms with Crippen molar-refractivity contribution in [3.05, 3.63) is 24.3 Å². The minimum absolute atomic E-state index is 0.331. The fraction of sp³-hybridized carbons (Fsp3) is 0.500. The van der Waals surface area contributed by atoms with Gasteiger partial charge in [0.15, 0.2) is 0 Å². The maximum absolute atomic E-state index is 11.0. The Morgan fingerprint density at radius 1 is 1.19 bits per heavy atom. The molecule has 0 unspecified atom stereocenters. The van der Waals surface area contributed by atoms with Crippen LogP contribution in [-0.4, -0.2) is 23.6 Å². The van der Waals surface area contributed by atoms with Gasteiger partial charge in [0, 0.05) is 13.8 Å². The zero-order valence-electron chi connectivity index (χ0n) is 9.73. The molecule has 0 saturated heterocycles. The molecule has 0 heterocycles. The molecule has 0 bridgehead atoms. The van der Waals surface area contributed by atoms with Crippen LogP contribution in [0.1, 0.15) is 27.2 Å². The summed E-state index contributed by atoms with van der Waals surface area (Å²) in [6, 6.07) is 0. The summed E-state index contributed by atoms with van der Waals surface area (Å²) in [6.45, 7) is 4.65. The molecule has 1 rings (SSSR count). The molecule has 16 heavy (non-hydrogen) atoms. The van der Waals surface area contributed by atoms with Crippen molar-refractivity contribution in [3.8, 4) is 0 Å². The standard InChI is InChI=1S/C12H16O4/c1-4-12(16-10(3)14)7-5-11(6-8-12)15-9(2)13/h5-8,11H,4H2,1-3H3. The Hall–Kier alpha value is -1.58. The number of ether oxygens (including phenoxy) is 2. The highest BCUT2D eigenvalue weighted by atomic mass is 16.6. The van der Waals surface area contributed by atoms with Crippen LogP contribution in [0, 0.1) is 0 Å². The highest BCUT2D eigenvalue weighted by molar-refractivity contribution is 5.68. The Bertz CT molecular complexity index is 327. The molecule has 0 aromatic heterocycles. The molecule has 1 aliphatic rings. The number of carbonyl (C=O) groups is 2. The molecule has 0 amide bonds. The summed E-state index contributed by atoms with van der Waals surface area (Å²) in [7, 11) is 0. The zero-order valence-corrected chi connectivity index (χ0v) is 9.73. The predicted molar refractivity (Wildman–Crippen MR) is 58.6 cm³/mol. The molecule has 88 valence electrons. The minimum atomic E-state index is -0.692. The van der Waals surface area contributed by atoms with Gasteiger partial charge in [-0.15, -0.1) is 0 Å². The highest BCUT2D eigenvalue weighted by Gasteiger charge is 2.28. The fourth-order valence-electron chi connectivity index (χ4n) is 1.55. The third-order valence-electron chi connectivity index (χ3n) is 2.32. The van der Waals surface area contributed by atoms with E-state index in [1.807, 2.05) is 6.92 Å². The average molecular weight is 224 g/mol. The van der Waals surface area contributed by atoms with E-state index in [9.17, 15) is 9.59 Å². The van der Waals surface area contributed by atoms with Gasteiger partial charge in [0.25, 0.3) is 0 Å². The average Bonchev–Trinajstić information content (AvgIpc) is 2.20. The molecule has 0 spiro atoms. The number of hydrogen-bond acceptors (Lipinski definition) is 4. The normalized spacial score (nSPS) is 27.6. The monoisotopic (exact) mass is 224 g/mol. The molecule has 0 aromatic rings. The van der Waals surface area contributed by atoms with E-state index in [1.165, 1.54) is 13.8 Å². The Morgan fingerprint density at radius 3 is 2.12 bits per heavy atom. The van der Waals surface area contributed by atoms with Gasteiger partial charge in [0.1, 0.15) is 11.7 Å². The van der Waals surface area contributed by atoms with E-state index in [0.717, 1.165) is 0 Å². The molecule has 0 radical (unpaired) electrons. The van der Waals surface area contributed by atoms with Gasteiger partial charge in [-0.2, -0.15) is 0 Å². The molecular weight excluding hydrogens is 208 g/mol. The van der Waals surface area contributed by atoms with Gasteiger partial charge in [-0.3, -0.25) is 9.59 Å². The van der Waals surface area contributed by atoms with E-state index in [4.69, 9.17) is 9.47 Å². The Balaban J connectivity index is 2.71. The molecular formula is C12H16O4. The van der Waals surface area contributed by atoms with Crippen LogP contribution in [0.2, 0.25) is 0 Å². The largest absolute Gasteiger partial charge is 0.454 e. The van der Waals surface area contributed by atoms with Gasteiger partial charge in [-0.25, -0.2) is 0 Å². The Labute approximate surface area is 94.9 Å². The smallest absolute Gasteiger partial charge is 0.303 e. The second kappa shape index (κ2) is 4.96. The molecule has 1 aliphatic carbocycles. The van der Waals surface area contributed by atoms with Crippen molar-refractivity contribution in [1.82, 2.24) is 0 Å². The summed E-state index contributed by atoms with van der Waals surface area (Å²) in [4.78, 5) is 21.7. The first-order valence-corrected chi connectivity index (χ1v) is 5.23. The van der Waals surface area contributed by atoms with Crippen molar-refractivity contribution in [2.24, 2.45) is 0 Å². The van der Waals surface area contributed by atoms with E-state index in [0.29, 0.717) is 6.42 Å². The molecule has 0 aliphatic heterocycles. The van der Waals surface area contributed by atoms with E-state index in [1.54, 1.807) is 24.3 Å². The van der Waals surface area contributed by atoms with E-state index in [2.05, 4.69) is 0 Å². The number of carbonyl (C=O) groups excluding carboxylic acids is 2. The van der Waals surface area contributed by atoms with Crippen molar-refractivity contribution in [2.45, 2.75) is 38.9 Å². The van der Waals surface area contributed by atoms with E-state index < -0.39 is 5.60 Å². The zero-order chi connectivity index (χ0) is 12.2. The van der Waals surface area contributed by atoms with Crippen molar-refractivity contribution in [1.29, 1.82) is 0 Å². The van der Waals surface area contributed by atoms with Crippen LogP contribution < -0.4 is 0 Å². The first kappa shape index (κ1) is 12.5. The fourth-order valence-corrected chi connectivity index (χ4v) is 1.55. The lowest BCUT2D eigenvalue weighted by molar-refractivity contribution is -0.150. The summed E-state index contributed by atoms with van der Waals surface area (Å²) in [5.74, 6) is -0.669. The first-order valence-electron chi connectivity index (χ1n) is 5.23. The SMILES string of the molecule is CCC1(OC(C)=O)C=CC(OC(C)=O)C=C1. The third kappa shape index (κ3) is 3.22. The van der Waals surface area contributed by atoms with Gasteiger partial charge in [0.05, 0.1) is 0 Å². The summed E-state index contributed by atoms with van der Waals surface area (Å²) >= 11 is 0. The quantitative estimate of drug-likeness (QED) is 0.541. The Kier molecular flexibility index (Phi) is 3.88. The maximum Gasteiger partial charge on any atom is 0.303 e. The van der Waals surface area contributed by atoms with Gasteiger partial charge < -0.3 is 9.47 Å². The molecule has 4 heteroatoms. The Morgan fingerprint density at radius 2 is 1.75 bits per heavy atom. The van der Waals surface area contributed by atoms with Gasteiger partial charge in [0.2, 0.25) is 0 Å². The van der Waals surface area contributed by atoms with E-state index in [-0.39, 0.29) is 18.0 Å². The van der Waals surface area contributed by atoms with Crippen LogP contribution in [0.15, 0.2) is 24.3 Å². The molecule has 0 atom stereocenters. The molecule has 0 saturated carbocycles. The van der Waals surface area contributed by atoms with Gasteiger partial charge >= 0.3 is 11.9 Å². The lowest BCUT2D eigenvalue weighted by Gasteiger charge is -2.29. The lowest BCUT2D eigenvalue weighted by atomic mass is 9.94. The van der Waals surface area contributed by atoms with Crippen molar-refractivity contribution >= 4 is 11.9 Å². The maximum atomic E-state index is 11.0. The molecule has 4 nitrogen and oxygen atoms in total. The first-order chi connectivity index (χ1) is 7.47. The topological polar surface area (TPSA) is 52.6 Å². The van der Waals surface area contributed by atoms with Crippen molar-refractivity contribution < 1.29 is 19.1 Å². The molecule has 0 fully saturated rings. The predicted octanol–water partition coefficient (Wildman–Crippen LogP) is 1.76. The van der Waals surface area contributed by atoms with Crippen LogP contribution in [0.4, 0.5) is 0 Å². The van der Waals surface area contributed by atoms with Crippen molar-refractivity contribution in [3.63, 3.8) is 0 Å². The lowest BCUT2D eigenvalue weighted by Crippen LogP contribution is -2.32. The molecule has 0 N–H and O–H groups in total. The number of hydrogen-bond donors (Lipinski definition) is 0. The summed E-state index contributed by atoms with van der Waals surface area (Å²) in [5, 5.41) is 0. The highest BCUT2D eigenvalue weighted by Crippen LogP contribution is 2.25. The van der Waals surface area contributed by atoms with Gasteiger partial charge in [-0.1, -0.05) is 6.92 Å². The van der Waals surface area contributed by atoms with Crippen LogP contribution in [0.5, 0.6) is 0 Å². The van der Waals surface area contributed by atoms with Crippen LogP contribution in [-0.2, 0) is 19.1 Å². The van der Waals surface area contributed by atoms with E-state index >= 15 is 0 Å². The summed E-state index contributed by atoms with van der Waals surface area (Å²) < 4.78 is 10.2. The minimum Gasteiger partial charge on any atom is -0.454 e. The van der Waals surface area contributed by atoms with Crippen LogP contribution in [0.3, 0.4) is 0 Å². The van der Waals surface area contributed by atoms with Crippen molar-refractivity contribution in [2.75, 3.05) is 0 Å². The second-order valence-electron chi connectivity index (χ2n) is 3.69.